The van der Waals surface area contributed by atoms with E-state index >= 15 is 0 Å². The average molecular weight is 296 g/mol. The smallest absolute Gasteiger partial charge is 0.330 e. The third-order valence-electron chi connectivity index (χ3n) is 2.25. The van der Waals surface area contributed by atoms with Crippen LogP contribution in [-0.4, -0.2) is 28.1 Å². The zero-order valence-corrected chi connectivity index (χ0v) is 11.7. The van der Waals surface area contributed by atoms with Crippen LogP contribution in [0.1, 0.15) is 13.8 Å². The minimum atomic E-state index is -0.854. The number of aromatic nitrogens is 3. The lowest BCUT2D eigenvalue weighted by atomic mass is 10.3. The molecule has 0 spiro atoms. The van der Waals surface area contributed by atoms with Gasteiger partial charge in [0.05, 0.1) is 6.10 Å². The second kappa shape index (κ2) is 6.29. The molecule has 8 heteroatoms. The highest BCUT2D eigenvalue weighted by atomic mass is 19.1. The summed E-state index contributed by atoms with van der Waals surface area (Å²) < 4.78 is 36.9. The zero-order chi connectivity index (χ0) is 15.4. The molecular formula is C13H14F2N4O2. The minimum absolute atomic E-state index is 0.0434. The van der Waals surface area contributed by atoms with Crippen molar-refractivity contribution >= 4 is 5.95 Å². The van der Waals surface area contributed by atoms with Gasteiger partial charge in [0.1, 0.15) is 5.82 Å². The Morgan fingerprint density at radius 2 is 1.81 bits per heavy atom. The molecular weight excluding hydrogens is 282 g/mol. The van der Waals surface area contributed by atoms with Crippen molar-refractivity contribution in [1.29, 1.82) is 0 Å². The average Bonchev–Trinajstić information content (AvgIpc) is 2.41. The molecule has 21 heavy (non-hydrogen) atoms. The van der Waals surface area contributed by atoms with E-state index in [9.17, 15) is 8.78 Å². The Bertz CT molecular complexity index is 638. The lowest BCUT2D eigenvalue weighted by Crippen LogP contribution is -2.11. The molecule has 0 amide bonds. The van der Waals surface area contributed by atoms with Crippen LogP contribution in [-0.2, 0) is 0 Å². The number of rotatable bonds is 5. The van der Waals surface area contributed by atoms with Crippen LogP contribution in [0.5, 0.6) is 17.8 Å². The Morgan fingerprint density at radius 1 is 1.10 bits per heavy atom. The van der Waals surface area contributed by atoms with Gasteiger partial charge in [0.15, 0.2) is 11.6 Å². The van der Waals surface area contributed by atoms with Crippen LogP contribution in [0, 0.1) is 11.6 Å². The SMILES string of the molecule is CNc1nc(Oc2ccc(F)cc2F)nc(OC(C)C)n1. The minimum Gasteiger partial charge on any atom is -0.461 e. The lowest BCUT2D eigenvalue weighted by molar-refractivity contribution is 0.218. The summed E-state index contributed by atoms with van der Waals surface area (Å²) in [5, 5.41) is 2.71. The molecule has 6 nitrogen and oxygen atoms in total. The number of nitrogens with one attached hydrogen (secondary N) is 1. The fraction of sp³-hybridized carbons (Fsp3) is 0.308. The summed E-state index contributed by atoms with van der Waals surface area (Å²) in [4.78, 5) is 11.8. The van der Waals surface area contributed by atoms with Crippen LogP contribution in [0.2, 0.25) is 0 Å². The molecule has 0 bridgehead atoms. The van der Waals surface area contributed by atoms with Gasteiger partial charge in [0.2, 0.25) is 5.95 Å². The van der Waals surface area contributed by atoms with Crippen molar-refractivity contribution in [2.45, 2.75) is 20.0 Å². The molecule has 0 fully saturated rings. The number of ether oxygens (including phenoxy) is 2. The van der Waals surface area contributed by atoms with Crippen molar-refractivity contribution < 1.29 is 18.3 Å². The molecule has 0 radical (unpaired) electrons. The van der Waals surface area contributed by atoms with Gasteiger partial charge >= 0.3 is 12.0 Å². The van der Waals surface area contributed by atoms with E-state index in [0.29, 0.717) is 6.07 Å². The Kier molecular flexibility index (Phi) is 4.46. The highest BCUT2D eigenvalue weighted by molar-refractivity contribution is 5.31. The van der Waals surface area contributed by atoms with Crippen molar-refractivity contribution in [3.8, 4) is 17.8 Å². The molecule has 0 saturated carbocycles. The van der Waals surface area contributed by atoms with Crippen molar-refractivity contribution in [1.82, 2.24) is 15.0 Å². The summed E-state index contributed by atoms with van der Waals surface area (Å²) in [7, 11) is 1.61. The highest BCUT2D eigenvalue weighted by Gasteiger charge is 2.12. The maximum Gasteiger partial charge on any atom is 0.330 e. The third kappa shape index (κ3) is 3.98. The van der Waals surface area contributed by atoms with Crippen LogP contribution in [0.3, 0.4) is 0 Å². The van der Waals surface area contributed by atoms with Gasteiger partial charge in [-0.05, 0) is 26.0 Å². The van der Waals surface area contributed by atoms with E-state index in [1.165, 1.54) is 0 Å². The van der Waals surface area contributed by atoms with Gasteiger partial charge in [-0.2, -0.15) is 9.97 Å². The van der Waals surface area contributed by atoms with Gasteiger partial charge in [-0.3, -0.25) is 0 Å². The molecule has 0 atom stereocenters. The summed E-state index contributed by atoms with van der Waals surface area (Å²) in [5.41, 5.74) is 0. The van der Waals surface area contributed by atoms with Crippen LogP contribution in [0.25, 0.3) is 0 Å². The van der Waals surface area contributed by atoms with Gasteiger partial charge < -0.3 is 14.8 Å². The van der Waals surface area contributed by atoms with Gasteiger partial charge in [-0.25, -0.2) is 8.78 Å². The monoisotopic (exact) mass is 296 g/mol. The maximum atomic E-state index is 13.5. The number of halogens is 2. The van der Waals surface area contributed by atoms with Gasteiger partial charge in [0, 0.05) is 13.1 Å². The summed E-state index contributed by atoms with van der Waals surface area (Å²) in [6, 6.07) is 2.82. The molecule has 2 rings (SSSR count). The molecule has 0 aliphatic heterocycles. The fourth-order valence-electron chi connectivity index (χ4n) is 1.42. The van der Waals surface area contributed by atoms with Crippen molar-refractivity contribution in [2.75, 3.05) is 12.4 Å². The topological polar surface area (TPSA) is 69.2 Å². The Hall–Kier alpha value is -2.51. The standard InChI is InChI=1S/C13H14F2N4O2/c1-7(2)20-12-17-11(16-3)18-13(19-12)21-10-5-4-8(14)6-9(10)15/h4-7H,1-3H3,(H,16,17,18,19). The quantitative estimate of drug-likeness (QED) is 0.915. The van der Waals surface area contributed by atoms with E-state index in [1.54, 1.807) is 7.05 Å². The molecule has 1 heterocycles. The second-order valence-corrected chi connectivity index (χ2v) is 4.32. The molecule has 2 aromatic rings. The van der Waals surface area contributed by atoms with Crippen molar-refractivity contribution in [2.24, 2.45) is 0 Å². The van der Waals surface area contributed by atoms with E-state index in [1.807, 2.05) is 13.8 Å². The fourth-order valence-corrected chi connectivity index (χ4v) is 1.42. The molecule has 0 aliphatic carbocycles. The Balaban J connectivity index is 2.29. The number of hydrogen-bond acceptors (Lipinski definition) is 6. The summed E-state index contributed by atoms with van der Waals surface area (Å²) in [6.07, 6.45) is -0.146. The van der Waals surface area contributed by atoms with Crippen molar-refractivity contribution in [3.63, 3.8) is 0 Å². The van der Waals surface area contributed by atoms with Gasteiger partial charge in [-0.1, -0.05) is 0 Å². The number of anilines is 1. The van der Waals surface area contributed by atoms with E-state index in [-0.39, 0.29) is 29.8 Å². The first-order valence-electron chi connectivity index (χ1n) is 6.21. The first-order valence-corrected chi connectivity index (χ1v) is 6.21. The zero-order valence-electron chi connectivity index (χ0n) is 11.7. The number of hydrogen-bond donors (Lipinski definition) is 1. The van der Waals surface area contributed by atoms with Crippen LogP contribution < -0.4 is 14.8 Å². The van der Waals surface area contributed by atoms with E-state index in [0.717, 1.165) is 12.1 Å². The summed E-state index contributed by atoms with van der Waals surface area (Å²) >= 11 is 0. The molecule has 1 N–H and O–H groups in total. The summed E-state index contributed by atoms with van der Waals surface area (Å²) in [6.45, 7) is 3.62. The molecule has 0 aliphatic rings. The second-order valence-electron chi connectivity index (χ2n) is 4.32. The predicted octanol–water partition coefficient (Wildman–Crippen LogP) is 2.77. The van der Waals surface area contributed by atoms with Crippen LogP contribution in [0.4, 0.5) is 14.7 Å². The van der Waals surface area contributed by atoms with E-state index < -0.39 is 11.6 Å². The summed E-state index contributed by atoms with van der Waals surface area (Å²) in [5.74, 6) is -1.54. The molecule has 1 aromatic carbocycles. The van der Waals surface area contributed by atoms with Crippen molar-refractivity contribution in [3.05, 3.63) is 29.8 Å². The Labute approximate surface area is 120 Å². The molecule has 0 saturated heterocycles. The molecule has 0 unspecified atom stereocenters. The third-order valence-corrected chi connectivity index (χ3v) is 2.25. The Morgan fingerprint density at radius 3 is 2.43 bits per heavy atom. The number of benzene rings is 1. The van der Waals surface area contributed by atoms with Gasteiger partial charge in [0.25, 0.3) is 0 Å². The first kappa shape index (κ1) is 14.9. The normalized spacial score (nSPS) is 10.6. The highest BCUT2D eigenvalue weighted by Crippen LogP contribution is 2.24. The predicted molar refractivity (Wildman–Crippen MR) is 71.6 cm³/mol. The van der Waals surface area contributed by atoms with Crippen LogP contribution >= 0.6 is 0 Å². The molecule has 1 aromatic heterocycles. The number of nitrogens with zero attached hydrogens (tertiary/aromatic N) is 3. The first-order chi connectivity index (χ1) is 9.97. The van der Waals surface area contributed by atoms with E-state index in [2.05, 4.69) is 20.3 Å². The maximum absolute atomic E-state index is 13.5. The lowest BCUT2D eigenvalue weighted by Gasteiger charge is -2.10. The van der Waals surface area contributed by atoms with Gasteiger partial charge in [-0.15, -0.1) is 4.98 Å². The largest absolute Gasteiger partial charge is 0.461 e. The molecule has 112 valence electrons. The van der Waals surface area contributed by atoms with E-state index in [4.69, 9.17) is 9.47 Å². The van der Waals surface area contributed by atoms with Crippen LogP contribution in [0.15, 0.2) is 18.2 Å².